The molecule has 1 aliphatic carbocycles. The number of nitrogens with one attached hydrogen (secondary N) is 1. The van der Waals surface area contributed by atoms with Crippen LogP contribution >= 0.6 is 11.8 Å². The van der Waals surface area contributed by atoms with Gasteiger partial charge in [0.25, 0.3) is 11.6 Å². The first kappa shape index (κ1) is 22.8. The van der Waals surface area contributed by atoms with Gasteiger partial charge in [-0.2, -0.15) is 11.8 Å². The SMILES string of the molecule is O=C(COC(=O)c1oc2ccccc2c1CSC1CCCCC1)Nc1ccc([N+](=O)[O-])cc1. The van der Waals surface area contributed by atoms with Crippen molar-refractivity contribution < 1.29 is 23.7 Å². The van der Waals surface area contributed by atoms with E-state index in [9.17, 15) is 19.7 Å². The summed E-state index contributed by atoms with van der Waals surface area (Å²) in [5.41, 5.74) is 1.69. The summed E-state index contributed by atoms with van der Waals surface area (Å²) < 4.78 is 11.0. The number of non-ortho nitro benzene ring substituents is 1. The predicted molar refractivity (Wildman–Crippen MR) is 126 cm³/mol. The summed E-state index contributed by atoms with van der Waals surface area (Å²) >= 11 is 1.84. The van der Waals surface area contributed by atoms with Crippen molar-refractivity contribution in [1.82, 2.24) is 0 Å². The third-order valence-corrected chi connectivity index (χ3v) is 6.99. The normalized spacial score (nSPS) is 14.2. The van der Waals surface area contributed by atoms with Crippen molar-refractivity contribution in [2.75, 3.05) is 11.9 Å². The second-order valence-electron chi connectivity index (χ2n) is 7.91. The Balaban J connectivity index is 1.40. The van der Waals surface area contributed by atoms with Crippen molar-refractivity contribution >= 4 is 46.0 Å². The Hall–Kier alpha value is -3.33. The zero-order valence-corrected chi connectivity index (χ0v) is 18.8. The topological polar surface area (TPSA) is 112 Å². The summed E-state index contributed by atoms with van der Waals surface area (Å²) in [6.45, 7) is -0.498. The Morgan fingerprint density at radius 2 is 1.82 bits per heavy atom. The molecule has 1 aliphatic rings. The summed E-state index contributed by atoms with van der Waals surface area (Å²) in [7, 11) is 0. The number of carbonyl (C=O) groups excluding carboxylic acids is 2. The summed E-state index contributed by atoms with van der Waals surface area (Å²) in [6.07, 6.45) is 6.13. The van der Waals surface area contributed by atoms with Crippen molar-refractivity contribution in [1.29, 1.82) is 0 Å². The molecule has 2 aromatic carbocycles. The Morgan fingerprint density at radius 1 is 1.09 bits per heavy atom. The average molecular weight is 469 g/mol. The average Bonchev–Trinajstić information content (AvgIpc) is 3.21. The first-order chi connectivity index (χ1) is 16.0. The van der Waals surface area contributed by atoms with Gasteiger partial charge < -0.3 is 14.5 Å². The summed E-state index contributed by atoms with van der Waals surface area (Å²) in [4.78, 5) is 35.2. The van der Waals surface area contributed by atoms with Crippen LogP contribution in [0.25, 0.3) is 11.0 Å². The van der Waals surface area contributed by atoms with Crippen LogP contribution in [0.5, 0.6) is 0 Å². The van der Waals surface area contributed by atoms with Crippen LogP contribution in [0.15, 0.2) is 52.9 Å². The van der Waals surface area contributed by atoms with Gasteiger partial charge in [0.15, 0.2) is 6.61 Å². The summed E-state index contributed by atoms with van der Waals surface area (Å²) in [5.74, 6) is -0.473. The van der Waals surface area contributed by atoms with E-state index >= 15 is 0 Å². The molecular formula is C24H24N2O6S. The number of furan rings is 1. The number of benzene rings is 2. The zero-order valence-electron chi connectivity index (χ0n) is 18.0. The lowest BCUT2D eigenvalue weighted by Gasteiger charge is -2.20. The maximum atomic E-state index is 12.8. The minimum Gasteiger partial charge on any atom is -0.450 e. The van der Waals surface area contributed by atoms with Crippen LogP contribution in [0.1, 0.15) is 48.2 Å². The maximum absolute atomic E-state index is 12.8. The molecule has 8 nitrogen and oxygen atoms in total. The fourth-order valence-corrected chi connectivity index (χ4v) is 5.26. The predicted octanol–water partition coefficient (Wildman–Crippen LogP) is 5.70. The van der Waals surface area contributed by atoms with Gasteiger partial charge in [-0.25, -0.2) is 4.79 Å². The number of para-hydroxylation sites is 1. The van der Waals surface area contributed by atoms with E-state index < -0.39 is 23.4 Å². The van der Waals surface area contributed by atoms with Crippen LogP contribution < -0.4 is 5.32 Å². The number of hydrogen-bond acceptors (Lipinski definition) is 7. The van der Waals surface area contributed by atoms with Gasteiger partial charge in [-0.3, -0.25) is 14.9 Å². The molecule has 0 spiro atoms. The molecule has 0 bridgehead atoms. The highest BCUT2D eigenvalue weighted by Crippen LogP contribution is 2.35. The fourth-order valence-electron chi connectivity index (χ4n) is 3.90. The lowest BCUT2D eigenvalue weighted by Crippen LogP contribution is -2.21. The van der Waals surface area contributed by atoms with Crippen LogP contribution in [0, 0.1) is 10.1 Å². The zero-order chi connectivity index (χ0) is 23.2. The Bertz CT molecular complexity index is 1150. The molecule has 1 saturated carbocycles. The van der Waals surface area contributed by atoms with Gasteiger partial charge in [0.05, 0.1) is 4.92 Å². The molecule has 1 amide bonds. The minimum absolute atomic E-state index is 0.0806. The quantitative estimate of drug-likeness (QED) is 0.256. The standard InChI is InChI=1S/C24H24N2O6S/c27-22(25-16-10-12-17(13-11-16)26(29)30)14-31-24(28)23-20(15-33-18-6-2-1-3-7-18)19-8-4-5-9-21(19)32-23/h4-5,8-13,18H,1-3,6-7,14-15H2,(H,25,27). The Morgan fingerprint density at radius 3 is 2.55 bits per heavy atom. The molecule has 172 valence electrons. The molecule has 0 saturated heterocycles. The number of hydrogen-bond donors (Lipinski definition) is 1. The number of nitro groups is 1. The van der Waals surface area contributed by atoms with E-state index in [4.69, 9.17) is 9.15 Å². The molecule has 1 fully saturated rings. The Labute approximate surface area is 194 Å². The number of ether oxygens (including phenoxy) is 1. The van der Waals surface area contributed by atoms with Gasteiger partial charge in [0.2, 0.25) is 5.76 Å². The maximum Gasteiger partial charge on any atom is 0.375 e. The number of fused-ring (bicyclic) bond motifs is 1. The highest BCUT2D eigenvalue weighted by Gasteiger charge is 2.24. The van der Waals surface area contributed by atoms with E-state index in [0.29, 0.717) is 22.3 Å². The fraction of sp³-hybridized carbons (Fsp3) is 0.333. The molecule has 3 aromatic rings. The van der Waals surface area contributed by atoms with Crippen LogP contribution in [-0.4, -0.2) is 28.7 Å². The van der Waals surface area contributed by atoms with Gasteiger partial charge in [0.1, 0.15) is 5.58 Å². The second kappa shape index (κ2) is 10.5. The van der Waals surface area contributed by atoms with E-state index in [0.717, 1.165) is 10.9 Å². The number of esters is 1. The van der Waals surface area contributed by atoms with Gasteiger partial charge >= 0.3 is 5.97 Å². The number of thioether (sulfide) groups is 1. The van der Waals surface area contributed by atoms with Gasteiger partial charge in [0, 0.05) is 39.8 Å². The van der Waals surface area contributed by atoms with Crippen molar-refractivity contribution in [2.24, 2.45) is 0 Å². The second-order valence-corrected chi connectivity index (χ2v) is 9.19. The van der Waals surface area contributed by atoms with Gasteiger partial charge in [-0.05, 0) is 31.0 Å². The molecule has 9 heteroatoms. The van der Waals surface area contributed by atoms with Gasteiger partial charge in [-0.15, -0.1) is 0 Å². The van der Waals surface area contributed by atoms with Crippen LogP contribution in [0.4, 0.5) is 11.4 Å². The molecular weight excluding hydrogens is 444 g/mol. The van der Waals surface area contributed by atoms with Crippen molar-refractivity contribution in [3.05, 3.63) is 70.0 Å². The van der Waals surface area contributed by atoms with Gasteiger partial charge in [-0.1, -0.05) is 37.5 Å². The summed E-state index contributed by atoms with van der Waals surface area (Å²) in [6, 6.07) is 12.9. The van der Waals surface area contributed by atoms with E-state index in [1.54, 1.807) is 0 Å². The molecule has 1 N–H and O–H groups in total. The van der Waals surface area contributed by atoms with Crippen LogP contribution in [0.3, 0.4) is 0 Å². The summed E-state index contributed by atoms with van der Waals surface area (Å²) in [5, 5.41) is 14.7. The molecule has 0 aliphatic heterocycles. The monoisotopic (exact) mass is 468 g/mol. The lowest BCUT2D eigenvalue weighted by atomic mass is 10.0. The Kier molecular flexibility index (Phi) is 7.29. The van der Waals surface area contributed by atoms with Crippen molar-refractivity contribution in [2.45, 2.75) is 43.1 Å². The number of amides is 1. The first-order valence-corrected chi connectivity index (χ1v) is 11.9. The molecule has 33 heavy (non-hydrogen) atoms. The van der Waals surface area contributed by atoms with E-state index in [1.165, 1.54) is 56.4 Å². The van der Waals surface area contributed by atoms with E-state index in [-0.39, 0.29) is 11.4 Å². The smallest absolute Gasteiger partial charge is 0.375 e. The third-order valence-electron chi connectivity index (χ3n) is 5.60. The highest BCUT2D eigenvalue weighted by molar-refractivity contribution is 7.99. The van der Waals surface area contributed by atoms with Crippen molar-refractivity contribution in [3.63, 3.8) is 0 Å². The molecule has 0 unspecified atom stereocenters. The van der Waals surface area contributed by atoms with Crippen molar-refractivity contribution in [3.8, 4) is 0 Å². The lowest BCUT2D eigenvalue weighted by molar-refractivity contribution is -0.384. The number of carbonyl (C=O) groups is 2. The molecule has 0 radical (unpaired) electrons. The van der Waals surface area contributed by atoms with E-state index in [2.05, 4.69) is 5.32 Å². The molecule has 1 aromatic heterocycles. The third kappa shape index (κ3) is 5.73. The molecule has 1 heterocycles. The van der Waals surface area contributed by atoms with Crippen LogP contribution in [-0.2, 0) is 15.3 Å². The van der Waals surface area contributed by atoms with E-state index in [1.807, 2.05) is 36.0 Å². The number of anilines is 1. The number of nitrogens with zero attached hydrogens (tertiary/aromatic N) is 1. The molecule has 4 rings (SSSR count). The first-order valence-electron chi connectivity index (χ1n) is 10.8. The minimum atomic E-state index is -0.690. The molecule has 0 atom stereocenters. The van der Waals surface area contributed by atoms with Crippen LogP contribution in [0.2, 0.25) is 0 Å². The number of rotatable bonds is 8. The number of nitro benzene ring substituents is 1. The largest absolute Gasteiger partial charge is 0.450 e. The highest BCUT2D eigenvalue weighted by atomic mass is 32.2.